The summed E-state index contributed by atoms with van der Waals surface area (Å²) in [5.74, 6) is 4.64. The van der Waals surface area contributed by atoms with Crippen molar-refractivity contribution in [2.24, 2.45) is 5.90 Å². The van der Waals surface area contributed by atoms with E-state index in [1.165, 1.54) is 6.07 Å². The van der Waals surface area contributed by atoms with E-state index in [0.717, 1.165) is 0 Å². The minimum atomic E-state index is -0.234. The third kappa shape index (κ3) is 2.68. The average molecular weight is 184 g/mol. The van der Waals surface area contributed by atoms with Crippen molar-refractivity contribution in [2.75, 3.05) is 25.1 Å². The summed E-state index contributed by atoms with van der Waals surface area (Å²) in [6.45, 7) is 0.947. The van der Waals surface area contributed by atoms with Crippen LogP contribution >= 0.6 is 0 Å². The lowest BCUT2D eigenvalue weighted by Crippen LogP contribution is -2.24. The summed E-state index contributed by atoms with van der Waals surface area (Å²) >= 11 is 0. The Morgan fingerprint density at radius 3 is 2.77 bits per heavy atom. The largest absolute Gasteiger partial charge is 0.370 e. The molecular weight excluding hydrogens is 171 g/mol. The van der Waals surface area contributed by atoms with Crippen LogP contribution < -0.4 is 10.8 Å². The van der Waals surface area contributed by atoms with E-state index in [-0.39, 0.29) is 5.82 Å². The molecule has 0 atom stereocenters. The van der Waals surface area contributed by atoms with Crippen LogP contribution in [-0.2, 0) is 4.84 Å². The molecule has 13 heavy (non-hydrogen) atoms. The number of nitrogens with two attached hydrogens (primary N) is 1. The molecule has 2 N–H and O–H groups in total. The van der Waals surface area contributed by atoms with Crippen LogP contribution in [0.15, 0.2) is 24.3 Å². The summed E-state index contributed by atoms with van der Waals surface area (Å²) in [7, 11) is 1.79. The highest BCUT2D eigenvalue weighted by molar-refractivity contribution is 5.46. The smallest absolute Gasteiger partial charge is 0.146 e. The van der Waals surface area contributed by atoms with Crippen molar-refractivity contribution in [2.45, 2.75) is 0 Å². The Labute approximate surface area is 76.9 Å². The summed E-state index contributed by atoms with van der Waals surface area (Å²) in [5.41, 5.74) is 0.555. The maximum absolute atomic E-state index is 13.2. The Morgan fingerprint density at radius 2 is 2.15 bits per heavy atom. The predicted octanol–water partition coefficient (Wildman–Crippen LogP) is 1.15. The van der Waals surface area contributed by atoms with Gasteiger partial charge in [-0.1, -0.05) is 12.1 Å². The molecule has 0 aliphatic carbocycles. The lowest BCUT2D eigenvalue weighted by atomic mass is 10.3. The molecule has 1 aromatic rings. The molecule has 1 rings (SSSR count). The number of nitrogens with zero attached hydrogens (tertiary/aromatic N) is 1. The number of anilines is 1. The zero-order valence-electron chi connectivity index (χ0n) is 7.53. The number of likely N-dealkylation sites (N-methyl/N-ethyl adjacent to an activating group) is 1. The highest BCUT2D eigenvalue weighted by Crippen LogP contribution is 2.16. The second-order valence-electron chi connectivity index (χ2n) is 2.74. The van der Waals surface area contributed by atoms with Gasteiger partial charge in [-0.3, -0.25) is 0 Å². The standard InChI is InChI=1S/C9H13FN2O/c1-12(6-7-13-11)9-5-3-2-4-8(9)10/h2-5H,6-7,11H2,1H3. The van der Waals surface area contributed by atoms with Gasteiger partial charge < -0.3 is 9.74 Å². The van der Waals surface area contributed by atoms with Crippen LogP contribution in [0.4, 0.5) is 10.1 Å². The van der Waals surface area contributed by atoms with Gasteiger partial charge in [-0.05, 0) is 12.1 Å². The Kier molecular flexibility index (Phi) is 3.67. The van der Waals surface area contributed by atoms with Gasteiger partial charge in [0.1, 0.15) is 5.82 Å². The van der Waals surface area contributed by atoms with Crippen molar-refractivity contribution in [3.05, 3.63) is 30.1 Å². The maximum atomic E-state index is 13.2. The minimum absolute atomic E-state index is 0.234. The Morgan fingerprint density at radius 1 is 1.46 bits per heavy atom. The normalized spacial score (nSPS) is 10.1. The molecule has 0 aliphatic heterocycles. The molecule has 4 heteroatoms. The fourth-order valence-corrected chi connectivity index (χ4v) is 1.07. The van der Waals surface area contributed by atoms with E-state index in [4.69, 9.17) is 5.90 Å². The molecule has 0 spiro atoms. The van der Waals surface area contributed by atoms with Gasteiger partial charge in [-0.2, -0.15) is 0 Å². The number of rotatable bonds is 4. The zero-order chi connectivity index (χ0) is 9.68. The summed E-state index contributed by atoms with van der Waals surface area (Å²) < 4.78 is 13.2. The molecule has 72 valence electrons. The van der Waals surface area contributed by atoms with Crippen molar-refractivity contribution < 1.29 is 9.23 Å². The third-order valence-corrected chi connectivity index (χ3v) is 1.81. The van der Waals surface area contributed by atoms with Crippen LogP contribution in [0.1, 0.15) is 0 Å². The van der Waals surface area contributed by atoms with Gasteiger partial charge >= 0.3 is 0 Å². The van der Waals surface area contributed by atoms with Gasteiger partial charge in [0.2, 0.25) is 0 Å². The van der Waals surface area contributed by atoms with E-state index in [1.54, 1.807) is 30.1 Å². The number of benzene rings is 1. The van der Waals surface area contributed by atoms with Crippen LogP contribution in [0.2, 0.25) is 0 Å². The van der Waals surface area contributed by atoms with Gasteiger partial charge in [0.05, 0.1) is 12.3 Å². The summed E-state index contributed by atoms with van der Waals surface area (Å²) in [5, 5.41) is 0. The molecule has 0 aromatic heterocycles. The van der Waals surface area contributed by atoms with Crippen molar-refractivity contribution in [1.29, 1.82) is 0 Å². The van der Waals surface area contributed by atoms with Gasteiger partial charge in [0.25, 0.3) is 0 Å². The third-order valence-electron chi connectivity index (χ3n) is 1.81. The molecule has 0 saturated carbocycles. The highest BCUT2D eigenvalue weighted by atomic mass is 19.1. The van der Waals surface area contributed by atoms with E-state index in [0.29, 0.717) is 18.8 Å². The summed E-state index contributed by atoms with van der Waals surface area (Å²) in [6, 6.07) is 6.59. The van der Waals surface area contributed by atoms with Crippen LogP contribution in [0.25, 0.3) is 0 Å². The first-order chi connectivity index (χ1) is 6.25. The van der Waals surface area contributed by atoms with E-state index >= 15 is 0 Å². The Balaban J connectivity index is 2.65. The van der Waals surface area contributed by atoms with Crippen molar-refractivity contribution in [3.8, 4) is 0 Å². The fourth-order valence-electron chi connectivity index (χ4n) is 1.07. The molecule has 1 aromatic carbocycles. The van der Waals surface area contributed by atoms with E-state index < -0.39 is 0 Å². The zero-order valence-corrected chi connectivity index (χ0v) is 7.53. The molecule has 0 fully saturated rings. The Hall–Kier alpha value is -1.13. The van der Waals surface area contributed by atoms with Crippen molar-refractivity contribution >= 4 is 5.69 Å². The molecule has 0 unspecified atom stereocenters. The Bertz CT molecular complexity index is 268. The number of hydrogen-bond donors (Lipinski definition) is 1. The van der Waals surface area contributed by atoms with E-state index in [1.807, 2.05) is 0 Å². The monoisotopic (exact) mass is 184 g/mol. The quantitative estimate of drug-likeness (QED) is 0.713. The summed E-state index contributed by atoms with van der Waals surface area (Å²) in [6.07, 6.45) is 0. The molecule has 0 aliphatic rings. The van der Waals surface area contributed by atoms with Gasteiger partial charge in [0.15, 0.2) is 0 Å². The second-order valence-corrected chi connectivity index (χ2v) is 2.74. The van der Waals surface area contributed by atoms with Crippen molar-refractivity contribution in [1.82, 2.24) is 0 Å². The van der Waals surface area contributed by atoms with E-state index in [9.17, 15) is 4.39 Å². The summed E-state index contributed by atoms with van der Waals surface area (Å²) in [4.78, 5) is 6.16. The van der Waals surface area contributed by atoms with Gasteiger partial charge in [-0.15, -0.1) is 0 Å². The highest BCUT2D eigenvalue weighted by Gasteiger charge is 2.04. The minimum Gasteiger partial charge on any atom is -0.370 e. The lowest BCUT2D eigenvalue weighted by Gasteiger charge is -2.18. The SMILES string of the molecule is CN(CCON)c1ccccc1F. The lowest BCUT2D eigenvalue weighted by molar-refractivity contribution is 0.145. The first kappa shape index (κ1) is 9.95. The molecule has 0 radical (unpaired) electrons. The van der Waals surface area contributed by atoms with Crippen LogP contribution in [0.5, 0.6) is 0 Å². The molecule has 3 nitrogen and oxygen atoms in total. The fraction of sp³-hybridized carbons (Fsp3) is 0.333. The number of halogens is 1. The molecule has 0 bridgehead atoms. The first-order valence-corrected chi connectivity index (χ1v) is 4.03. The average Bonchev–Trinajstić information content (AvgIpc) is 2.15. The van der Waals surface area contributed by atoms with Crippen LogP contribution in [0, 0.1) is 5.82 Å². The molecule has 0 heterocycles. The second kappa shape index (κ2) is 4.79. The number of hydrogen-bond acceptors (Lipinski definition) is 3. The number of para-hydroxylation sites is 1. The van der Waals surface area contributed by atoms with Crippen LogP contribution in [0.3, 0.4) is 0 Å². The van der Waals surface area contributed by atoms with Gasteiger partial charge in [-0.25, -0.2) is 10.3 Å². The maximum Gasteiger partial charge on any atom is 0.146 e. The molecule has 0 amide bonds. The van der Waals surface area contributed by atoms with Crippen molar-refractivity contribution in [3.63, 3.8) is 0 Å². The van der Waals surface area contributed by atoms with Crippen LogP contribution in [-0.4, -0.2) is 20.2 Å². The first-order valence-electron chi connectivity index (χ1n) is 4.03. The molecule has 0 saturated heterocycles. The van der Waals surface area contributed by atoms with E-state index in [2.05, 4.69) is 4.84 Å². The van der Waals surface area contributed by atoms with Gasteiger partial charge in [0, 0.05) is 13.6 Å². The predicted molar refractivity (Wildman–Crippen MR) is 49.8 cm³/mol. The molecular formula is C9H13FN2O. The topological polar surface area (TPSA) is 38.5 Å².